The van der Waals surface area contributed by atoms with Crippen LogP contribution in [0.25, 0.3) is 17.2 Å². The van der Waals surface area contributed by atoms with Gasteiger partial charge in [0.2, 0.25) is 5.91 Å². The van der Waals surface area contributed by atoms with Crippen LogP contribution in [-0.2, 0) is 11.3 Å². The zero-order valence-electron chi connectivity index (χ0n) is 15.1. The van der Waals surface area contributed by atoms with Crippen LogP contribution in [0.15, 0.2) is 78.5 Å². The van der Waals surface area contributed by atoms with E-state index in [-0.39, 0.29) is 5.91 Å². The highest BCUT2D eigenvalue weighted by atomic mass is 16.1. The number of allylic oxidation sites excluding steroid dienone is 1. The fourth-order valence-corrected chi connectivity index (χ4v) is 2.51. The summed E-state index contributed by atoms with van der Waals surface area (Å²) in [4.78, 5) is 20.6. The molecule has 0 saturated heterocycles. The lowest BCUT2D eigenvalue weighted by molar-refractivity contribution is -0.111. The van der Waals surface area contributed by atoms with E-state index in [1.54, 1.807) is 43.2 Å². The molecule has 2 heterocycles. The summed E-state index contributed by atoms with van der Waals surface area (Å²) < 4.78 is 0. The normalized spacial score (nSPS) is 11.6. The molecule has 140 valence electrons. The van der Waals surface area contributed by atoms with Gasteiger partial charge in [-0.2, -0.15) is 5.10 Å². The molecule has 4 N–H and O–H groups in total. The summed E-state index contributed by atoms with van der Waals surface area (Å²) in [5, 5.41) is 9.58. The fourth-order valence-electron chi connectivity index (χ4n) is 2.51. The Bertz CT molecular complexity index is 988. The van der Waals surface area contributed by atoms with Crippen LogP contribution in [0.1, 0.15) is 11.1 Å². The zero-order chi connectivity index (χ0) is 19.6. The summed E-state index contributed by atoms with van der Waals surface area (Å²) in [6.07, 6.45) is 14.9. The Morgan fingerprint density at radius 2 is 2.07 bits per heavy atom. The van der Waals surface area contributed by atoms with Gasteiger partial charge in [-0.25, -0.2) is 0 Å². The Kier molecular flexibility index (Phi) is 6.46. The lowest BCUT2D eigenvalue weighted by Crippen LogP contribution is -2.07. The predicted octanol–water partition coefficient (Wildman–Crippen LogP) is 3.17. The van der Waals surface area contributed by atoms with Gasteiger partial charge in [0.15, 0.2) is 0 Å². The molecule has 3 aromatic rings. The maximum Gasteiger partial charge on any atom is 0.248 e. The first-order chi connectivity index (χ1) is 13.8. The van der Waals surface area contributed by atoms with E-state index >= 15 is 0 Å². The van der Waals surface area contributed by atoms with Gasteiger partial charge in [-0.3, -0.25) is 19.9 Å². The average molecular weight is 372 g/mol. The van der Waals surface area contributed by atoms with E-state index in [9.17, 15) is 4.79 Å². The van der Waals surface area contributed by atoms with E-state index in [4.69, 9.17) is 5.73 Å². The number of anilines is 1. The van der Waals surface area contributed by atoms with Crippen molar-refractivity contribution >= 4 is 23.9 Å². The van der Waals surface area contributed by atoms with E-state index < -0.39 is 0 Å². The smallest absolute Gasteiger partial charge is 0.248 e. The van der Waals surface area contributed by atoms with Crippen LogP contribution in [0.2, 0.25) is 0 Å². The number of H-pyrrole nitrogens is 1. The number of amides is 1. The van der Waals surface area contributed by atoms with Crippen molar-refractivity contribution in [2.45, 2.75) is 6.54 Å². The number of rotatable bonds is 7. The van der Waals surface area contributed by atoms with Gasteiger partial charge in [-0.1, -0.05) is 12.1 Å². The molecule has 28 heavy (non-hydrogen) atoms. The van der Waals surface area contributed by atoms with Crippen LogP contribution < -0.4 is 11.1 Å². The number of nitrogens with zero attached hydrogens (tertiary/aromatic N) is 3. The Balaban J connectivity index is 1.62. The van der Waals surface area contributed by atoms with Gasteiger partial charge in [0, 0.05) is 47.7 Å². The van der Waals surface area contributed by atoms with Crippen LogP contribution in [0.4, 0.5) is 5.69 Å². The number of hydrogen-bond donors (Lipinski definition) is 3. The maximum absolute atomic E-state index is 12.2. The summed E-state index contributed by atoms with van der Waals surface area (Å²) in [6, 6.07) is 9.40. The second-order valence-corrected chi connectivity index (χ2v) is 5.84. The van der Waals surface area contributed by atoms with Crippen LogP contribution >= 0.6 is 0 Å². The van der Waals surface area contributed by atoms with Gasteiger partial charge in [-0.15, -0.1) is 0 Å². The van der Waals surface area contributed by atoms with E-state index in [1.165, 1.54) is 12.3 Å². The molecule has 3 rings (SSSR count). The number of aromatic nitrogens is 3. The molecule has 0 aliphatic rings. The van der Waals surface area contributed by atoms with Gasteiger partial charge in [0.1, 0.15) is 0 Å². The number of nitrogens with two attached hydrogens (primary N) is 1. The molecule has 7 nitrogen and oxygen atoms in total. The van der Waals surface area contributed by atoms with Crippen molar-refractivity contribution in [3.63, 3.8) is 0 Å². The maximum atomic E-state index is 12.2. The molecule has 0 spiro atoms. The molecule has 0 atom stereocenters. The van der Waals surface area contributed by atoms with Crippen molar-refractivity contribution in [2.75, 3.05) is 5.32 Å². The minimum Gasteiger partial charge on any atom is -0.405 e. The topological polar surface area (TPSA) is 109 Å². The quantitative estimate of drug-likeness (QED) is 0.437. The summed E-state index contributed by atoms with van der Waals surface area (Å²) in [5.41, 5.74) is 9.71. The molecule has 0 bridgehead atoms. The second kappa shape index (κ2) is 9.63. The monoisotopic (exact) mass is 372 g/mol. The molecule has 0 aliphatic heterocycles. The van der Waals surface area contributed by atoms with Crippen LogP contribution in [0.5, 0.6) is 0 Å². The third-order valence-electron chi connectivity index (χ3n) is 3.87. The van der Waals surface area contributed by atoms with Crippen molar-refractivity contribution in [3.8, 4) is 11.1 Å². The molecular weight excluding hydrogens is 352 g/mol. The first kappa shape index (κ1) is 18.8. The summed E-state index contributed by atoms with van der Waals surface area (Å²) in [6.45, 7) is 0.552. The van der Waals surface area contributed by atoms with Crippen molar-refractivity contribution < 1.29 is 4.79 Å². The van der Waals surface area contributed by atoms with Crippen molar-refractivity contribution in [2.24, 2.45) is 10.7 Å². The van der Waals surface area contributed by atoms with Gasteiger partial charge in [0.05, 0.1) is 12.7 Å². The number of benzene rings is 1. The average Bonchev–Trinajstić information content (AvgIpc) is 3.26. The van der Waals surface area contributed by atoms with Gasteiger partial charge in [-0.05, 0) is 47.7 Å². The third kappa shape index (κ3) is 5.25. The number of pyridine rings is 1. The van der Waals surface area contributed by atoms with Gasteiger partial charge in [0.25, 0.3) is 0 Å². The number of aromatic amines is 1. The number of carbonyl (C=O) groups is 1. The van der Waals surface area contributed by atoms with E-state index in [2.05, 4.69) is 25.5 Å². The Morgan fingerprint density at radius 3 is 2.82 bits per heavy atom. The molecule has 1 aromatic carbocycles. The molecule has 0 unspecified atom stereocenters. The van der Waals surface area contributed by atoms with Crippen molar-refractivity contribution in [3.05, 3.63) is 84.6 Å². The largest absolute Gasteiger partial charge is 0.405 e. The van der Waals surface area contributed by atoms with Gasteiger partial charge >= 0.3 is 0 Å². The number of hydrogen-bond acceptors (Lipinski definition) is 5. The Morgan fingerprint density at radius 1 is 1.21 bits per heavy atom. The van der Waals surface area contributed by atoms with E-state index in [1.807, 2.05) is 30.3 Å². The summed E-state index contributed by atoms with van der Waals surface area (Å²) in [7, 11) is 0. The minimum absolute atomic E-state index is 0.221. The van der Waals surface area contributed by atoms with Crippen LogP contribution in [-0.4, -0.2) is 27.3 Å². The van der Waals surface area contributed by atoms with Crippen LogP contribution in [0, 0.1) is 0 Å². The molecule has 0 fully saturated rings. The molecule has 1 amide bonds. The highest BCUT2D eigenvalue weighted by Gasteiger charge is 2.04. The second-order valence-electron chi connectivity index (χ2n) is 5.84. The third-order valence-corrected chi connectivity index (χ3v) is 3.87. The molecule has 0 radical (unpaired) electrons. The van der Waals surface area contributed by atoms with E-state index in [0.29, 0.717) is 12.2 Å². The van der Waals surface area contributed by atoms with Crippen LogP contribution in [0.3, 0.4) is 0 Å². The Labute approximate surface area is 162 Å². The standard InChI is InChI=1S/C21H20N6O/c22-9-1-10-23-12-16-2-5-19(6-3-16)27-21(28)7-4-17-13-24-11-8-20(17)18-14-25-26-15-18/h1-11,13-15H,12,22H2,(H,25,26)(H,27,28)/b7-4+,9-1?,23-10?. The predicted molar refractivity (Wildman–Crippen MR) is 111 cm³/mol. The molecule has 0 saturated carbocycles. The fraction of sp³-hybridized carbons (Fsp3) is 0.0476. The van der Waals surface area contributed by atoms with Crippen molar-refractivity contribution in [1.29, 1.82) is 0 Å². The number of carbonyl (C=O) groups excluding carboxylic acids is 1. The molecular formula is C21H20N6O. The lowest BCUT2D eigenvalue weighted by atomic mass is 10.0. The van der Waals surface area contributed by atoms with E-state index in [0.717, 1.165) is 22.3 Å². The summed E-state index contributed by atoms with van der Waals surface area (Å²) >= 11 is 0. The zero-order valence-corrected chi connectivity index (χ0v) is 15.1. The number of aliphatic imine (C=N–C) groups is 1. The highest BCUT2D eigenvalue weighted by Crippen LogP contribution is 2.22. The number of nitrogens with one attached hydrogen (secondary N) is 2. The molecule has 2 aromatic heterocycles. The molecule has 0 aliphatic carbocycles. The first-order valence-corrected chi connectivity index (χ1v) is 8.64. The Hall–Kier alpha value is -4.00. The van der Waals surface area contributed by atoms with Crippen molar-refractivity contribution in [1.82, 2.24) is 15.2 Å². The lowest BCUT2D eigenvalue weighted by Gasteiger charge is -2.04. The molecule has 7 heteroatoms. The first-order valence-electron chi connectivity index (χ1n) is 8.64. The SMILES string of the molecule is NC=CC=NCc1ccc(NC(=O)/C=C/c2cnccc2-c2cn[nH]c2)cc1. The summed E-state index contributed by atoms with van der Waals surface area (Å²) in [5.74, 6) is -0.221. The van der Waals surface area contributed by atoms with Gasteiger partial charge < -0.3 is 11.1 Å². The highest BCUT2D eigenvalue weighted by molar-refractivity contribution is 6.02. The minimum atomic E-state index is -0.221.